The van der Waals surface area contributed by atoms with Gasteiger partial charge in [0.25, 0.3) is 0 Å². The standard InChI is InChI=1S/C18H40N3O7P3/c1-18(2,3)17(22)6-13-31(27,28)16-21-11-9-19(14-29(4,23)24)7-8-20(10-12-21)15-30(5,25)26/h6-16H2,1-5H3,(H,23,24)(H,25,26)(H,27,28). The monoisotopic (exact) mass is 503 g/mol. The molecule has 1 aliphatic heterocycles. The van der Waals surface area contributed by atoms with Crippen molar-refractivity contribution in [2.45, 2.75) is 27.2 Å². The molecule has 0 spiro atoms. The van der Waals surface area contributed by atoms with Gasteiger partial charge in [0.1, 0.15) is 5.78 Å². The van der Waals surface area contributed by atoms with Gasteiger partial charge in [0.05, 0.1) is 18.9 Å². The molecule has 3 N–H and O–H groups in total. The van der Waals surface area contributed by atoms with Gasteiger partial charge in [0, 0.05) is 70.6 Å². The van der Waals surface area contributed by atoms with E-state index in [1.54, 1.807) is 20.8 Å². The van der Waals surface area contributed by atoms with Crippen molar-refractivity contribution in [3.8, 4) is 0 Å². The minimum Gasteiger partial charge on any atom is -0.344 e. The molecule has 184 valence electrons. The van der Waals surface area contributed by atoms with Gasteiger partial charge in [0.2, 0.25) is 22.1 Å². The number of rotatable bonds is 9. The number of carbonyl (C=O) groups is 1. The van der Waals surface area contributed by atoms with E-state index in [-0.39, 0.29) is 37.2 Å². The molecule has 0 radical (unpaired) electrons. The Kier molecular flexibility index (Phi) is 10.8. The topological polar surface area (TPSA) is 139 Å². The van der Waals surface area contributed by atoms with Crippen LogP contribution in [0.25, 0.3) is 0 Å². The molecule has 13 heteroatoms. The zero-order valence-electron chi connectivity index (χ0n) is 19.4. The molecule has 1 saturated heterocycles. The van der Waals surface area contributed by atoms with Crippen molar-refractivity contribution in [3.05, 3.63) is 0 Å². The lowest BCUT2D eigenvalue weighted by atomic mass is 9.89. The SMILES string of the molecule is CC(C)(C)C(=O)CCP(=O)(O)CN1CCN(CP(C)(=O)O)CCN(CP(C)(=O)O)CC1. The van der Waals surface area contributed by atoms with E-state index in [4.69, 9.17) is 0 Å². The molecule has 1 aliphatic rings. The number of hydrogen-bond donors (Lipinski definition) is 3. The Morgan fingerprint density at radius 3 is 1.35 bits per heavy atom. The molecule has 10 nitrogen and oxygen atoms in total. The Balaban J connectivity index is 2.87. The molecule has 0 aliphatic carbocycles. The van der Waals surface area contributed by atoms with Crippen LogP contribution in [0.3, 0.4) is 0 Å². The maximum atomic E-state index is 12.8. The van der Waals surface area contributed by atoms with Gasteiger partial charge in [-0.1, -0.05) is 20.8 Å². The number of carbonyl (C=O) groups excluding carboxylic acids is 1. The minimum atomic E-state index is -3.59. The Morgan fingerprint density at radius 2 is 1.06 bits per heavy atom. The maximum Gasteiger partial charge on any atom is 0.214 e. The summed E-state index contributed by atoms with van der Waals surface area (Å²) in [6, 6.07) is 0. The zero-order valence-corrected chi connectivity index (χ0v) is 22.1. The molecule has 0 aromatic rings. The number of Topliss-reactive ketones (excluding diaryl/α,β-unsaturated/α-hetero) is 1. The smallest absolute Gasteiger partial charge is 0.214 e. The second-order valence-corrected chi connectivity index (χ2v) is 17.1. The van der Waals surface area contributed by atoms with E-state index in [0.29, 0.717) is 39.3 Å². The third-order valence-electron chi connectivity index (χ3n) is 5.07. The highest BCUT2D eigenvalue weighted by Gasteiger charge is 2.29. The normalized spacial score (nSPS) is 24.3. The molecular formula is C18H40N3O7P3. The first-order valence-electron chi connectivity index (χ1n) is 10.5. The minimum absolute atomic E-state index is 0.00550. The van der Waals surface area contributed by atoms with Crippen molar-refractivity contribution < 1.29 is 33.2 Å². The van der Waals surface area contributed by atoms with Gasteiger partial charge in [-0.05, 0) is 0 Å². The first kappa shape index (κ1) is 29.2. The Labute approximate surface area is 186 Å². The highest BCUT2D eigenvalue weighted by molar-refractivity contribution is 7.58. The number of hydrogen-bond acceptors (Lipinski definition) is 7. The van der Waals surface area contributed by atoms with Crippen LogP contribution in [0.5, 0.6) is 0 Å². The summed E-state index contributed by atoms with van der Waals surface area (Å²) in [6.07, 6.45) is -0.147. The summed E-state index contributed by atoms with van der Waals surface area (Å²) in [4.78, 5) is 47.6. The van der Waals surface area contributed by atoms with Gasteiger partial charge in [-0.15, -0.1) is 0 Å². The van der Waals surface area contributed by atoms with E-state index in [9.17, 15) is 33.2 Å². The fourth-order valence-corrected chi connectivity index (χ4v) is 7.04. The quantitative estimate of drug-likeness (QED) is 0.400. The van der Waals surface area contributed by atoms with Gasteiger partial charge < -0.3 is 14.7 Å². The second kappa shape index (κ2) is 11.5. The van der Waals surface area contributed by atoms with Gasteiger partial charge >= 0.3 is 0 Å². The molecule has 3 unspecified atom stereocenters. The van der Waals surface area contributed by atoms with Crippen LogP contribution >= 0.6 is 22.1 Å². The molecule has 0 aromatic carbocycles. The van der Waals surface area contributed by atoms with Gasteiger partial charge in [0.15, 0.2) is 0 Å². The van der Waals surface area contributed by atoms with E-state index in [1.807, 2.05) is 14.7 Å². The van der Waals surface area contributed by atoms with Gasteiger partial charge in [-0.2, -0.15) is 0 Å². The average Bonchev–Trinajstić information content (AvgIpc) is 2.62. The van der Waals surface area contributed by atoms with Crippen LogP contribution < -0.4 is 0 Å². The van der Waals surface area contributed by atoms with Crippen LogP contribution in [0.4, 0.5) is 0 Å². The summed E-state index contributed by atoms with van der Waals surface area (Å²) in [5.41, 5.74) is -0.559. The number of ketones is 1. The first-order valence-corrected chi connectivity index (χ1v) is 17.1. The average molecular weight is 503 g/mol. The summed E-state index contributed by atoms with van der Waals surface area (Å²) in [7, 11) is -10.2. The fraction of sp³-hybridized carbons (Fsp3) is 0.944. The van der Waals surface area contributed by atoms with Crippen LogP contribution in [0, 0.1) is 5.41 Å². The summed E-state index contributed by atoms with van der Waals surface area (Å²) in [6.45, 7) is 10.6. The van der Waals surface area contributed by atoms with Crippen LogP contribution in [-0.4, -0.2) is 113 Å². The molecule has 0 saturated carbocycles. The zero-order chi connectivity index (χ0) is 24.1. The molecule has 0 aromatic heterocycles. The predicted molar refractivity (Wildman–Crippen MR) is 125 cm³/mol. The summed E-state index contributed by atoms with van der Waals surface area (Å²) in [5.74, 6) is -0.0631. The highest BCUT2D eigenvalue weighted by Crippen LogP contribution is 2.43. The van der Waals surface area contributed by atoms with Crippen LogP contribution in [0.1, 0.15) is 27.2 Å². The second-order valence-electron chi connectivity index (χ2n) is 9.87. The lowest BCUT2D eigenvalue weighted by Gasteiger charge is -2.28. The van der Waals surface area contributed by atoms with E-state index < -0.39 is 27.5 Å². The molecule has 1 rings (SSSR count). The van der Waals surface area contributed by atoms with Crippen LogP contribution in [0.2, 0.25) is 0 Å². The van der Waals surface area contributed by atoms with E-state index in [2.05, 4.69) is 0 Å². The van der Waals surface area contributed by atoms with Crippen molar-refractivity contribution in [1.29, 1.82) is 0 Å². The number of nitrogens with zero attached hydrogens (tertiary/aromatic N) is 3. The molecule has 1 heterocycles. The van der Waals surface area contributed by atoms with Gasteiger partial charge in [-0.25, -0.2) is 0 Å². The van der Waals surface area contributed by atoms with E-state index in [0.717, 1.165) is 0 Å². The van der Waals surface area contributed by atoms with Crippen LogP contribution in [0.15, 0.2) is 0 Å². The highest BCUT2D eigenvalue weighted by atomic mass is 31.2. The summed E-state index contributed by atoms with van der Waals surface area (Å²) < 4.78 is 36.6. The van der Waals surface area contributed by atoms with Gasteiger partial charge in [-0.3, -0.25) is 33.2 Å². The summed E-state index contributed by atoms with van der Waals surface area (Å²) in [5, 5.41) is 0. The molecule has 0 bridgehead atoms. The Hall–Kier alpha value is 0.120. The molecule has 0 amide bonds. The fourth-order valence-electron chi connectivity index (χ4n) is 3.38. The third kappa shape index (κ3) is 13.4. The van der Waals surface area contributed by atoms with Crippen molar-refractivity contribution >= 4 is 27.9 Å². The largest absolute Gasteiger partial charge is 0.344 e. The molecular weight excluding hydrogens is 463 g/mol. The Morgan fingerprint density at radius 1 is 0.742 bits per heavy atom. The lowest BCUT2D eigenvalue weighted by Crippen LogP contribution is -2.37. The van der Waals surface area contributed by atoms with Crippen molar-refractivity contribution in [3.63, 3.8) is 0 Å². The van der Waals surface area contributed by atoms with Crippen molar-refractivity contribution in [1.82, 2.24) is 14.7 Å². The lowest BCUT2D eigenvalue weighted by molar-refractivity contribution is -0.125. The predicted octanol–water partition coefficient (Wildman–Crippen LogP) is 1.85. The molecule has 1 fully saturated rings. The third-order valence-corrected chi connectivity index (χ3v) is 8.68. The van der Waals surface area contributed by atoms with Crippen molar-refractivity contribution in [2.24, 2.45) is 5.41 Å². The first-order chi connectivity index (χ1) is 13.9. The molecule has 31 heavy (non-hydrogen) atoms. The van der Waals surface area contributed by atoms with E-state index >= 15 is 0 Å². The molecule has 3 atom stereocenters. The summed E-state index contributed by atoms with van der Waals surface area (Å²) >= 11 is 0. The Bertz CT molecular complexity index is 708. The van der Waals surface area contributed by atoms with E-state index in [1.165, 1.54) is 13.3 Å². The van der Waals surface area contributed by atoms with Crippen molar-refractivity contribution in [2.75, 3.05) is 77.6 Å². The maximum absolute atomic E-state index is 12.8. The van der Waals surface area contributed by atoms with Crippen LogP contribution in [-0.2, 0) is 18.5 Å².